The third-order valence-corrected chi connectivity index (χ3v) is 5.49. The van der Waals surface area contributed by atoms with Gasteiger partial charge in [0.2, 0.25) is 5.95 Å². The van der Waals surface area contributed by atoms with Crippen LogP contribution >= 0.6 is 39.1 Å². The van der Waals surface area contributed by atoms with Gasteiger partial charge in [-0.25, -0.2) is 9.67 Å². The zero-order valence-electron chi connectivity index (χ0n) is 15.9. The fourth-order valence-electron chi connectivity index (χ4n) is 2.77. The highest BCUT2D eigenvalue weighted by Crippen LogP contribution is 2.25. The van der Waals surface area contributed by atoms with E-state index >= 15 is 0 Å². The molecule has 4 aromatic rings. The van der Waals surface area contributed by atoms with E-state index in [1.54, 1.807) is 24.3 Å². The van der Waals surface area contributed by atoms with Crippen molar-refractivity contribution in [2.24, 2.45) is 0 Å². The average molecular weight is 541 g/mol. The van der Waals surface area contributed by atoms with Gasteiger partial charge in [0.1, 0.15) is 23.1 Å². The maximum absolute atomic E-state index is 12.4. The summed E-state index contributed by atoms with van der Waals surface area (Å²) in [5.41, 5.74) is 0.680. The third-order valence-electron chi connectivity index (χ3n) is 4.22. The Balaban J connectivity index is 1.40. The number of benzene rings is 1. The first-order valence-electron chi connectivity index (χ1n) is 8.90. The van der Waals surface area contributed by atoms with Crippen LogP contribution in [0.4, 0.5) is 11.8 Å². The minimum atomic E-state index is -0.604. The van der Waals surface area contributed by atoms with Gasteiger partial charge in [-0.15, -0.1) is 5.10 Å². The first kappa shape index (κ1) is 22.0. The van der Waals surface area contributed by atoms with Crippen LogP contribution in [0.5, 0.6) is 0 Å². The first-order valence-corrected chi connectivity index (χ1v) is 10.4. The van der Waals surface area contributed by atoms with Crippen molar-refractivity contribution in [1.82, 2.24) is 24.5 Å². The van der Waals surface area contributed by atoms with Crippen molar-refractivity contribution in [1.29, 1.82) is 0 Å². The van der Waals surface area contributed by atoms with Crippen molar-refractivity contribution in [3.8, 4) is 0 Å². The fourth-order valence-corrected chi connectivity index (χ4v) is 3.75. The van der Waals surface area contributed by atoms with Crippen molar-refractivity contribution < 1.29 is 14.1 Å². The molecule has 1 aromatic carbocycles. The number of nitrogens with zero attached hydrogens (tertiary/aromatic N) is 6. The molecule has 14 heteroatoms. The summed E-state index contributed by atoms with van der Waals surface area (Å²) in [6.45, 7) is 0.378. The van der Waals surface area contributed by atoms with Gasteiger partial charge in [0.25, 0.3) is 5.91 Å². The predicted octanol–water partition coefficient (Wildman–Crippen LogP) is 4.39. The fraction of sp³-hybridized carbons (Fsp3) is 0.111. The van der Waals surface area contributed by atoms with Crippen molar-refractivity contribution in [3.63, 3.8) is 0 Å². The van der Waals surface area contributed by atoms with Crippen LogP contribution in [-0.2, 0) is 13.1 Å². The number of anilines is 1. The second kappa shape index (κ2) is 9.10. The van der Waals surface area contributed by atoms with Crippen LogP contribution in [0, 0.1) is 10.1 Å². The largest absolute Gasteiger partial charge is 0.454 e. The SMILES string of the molecule is O=C(Nc1ncn(Cc2c(Cl)cccc2Cl)n1)c1ccc(Cn2cc(Br)c([N+](=O)[O-])n2)o1. The van der Waals surface area contributed by atoms with E-state index in [0.29, 0.717) is 21.4 Å². The van der Waals surface area contributed by atoms with Gasteiger partial charge in [-0.05, 0) is 45.1 Å². The van der Waals surface area contributed by atoms with E-state index in [4.69, 9.17) is 27.6 Å². The molecule has 3 heterocycles. The van der Waals surface area contributed by atoms with Crippen molar-refractivity contribution in [3.05, 3.63) is 84.6 Å². The van der Waals surface area contributed by atoms with Crippen LogP contribution in [0.15, 0.2) is 51.7 Å². The van der Waals surface area contributed by atoms with Crippen molar-refractivity contribution in [2.75, 3.05) is 5.32 Å². The summed E-state index contributed by atoms with van der Waals surface area (Å²) in [6, 6.07) is 8.22. The monoisotopic (exact) mass is 539 g/mol. The van der Waals surface area contributed by atoms with Crippen molar-refractivity contribution >= 4 is 56.8 Å². The molecule has 0 atom stereocenters. The van der Waals surface area contributed by atoms with Crippen LogP contribution in [-0.4, -0.2) is 35.4 Å². The Morgan fingerprint density at radius 3 is 2.59 bits per heavy atom. The Labute approximate surface area is 198 Å². The molecule has 11 nitrogen and oxygen atoms in total. The number of nitrogens with one attached hydrogen (secondary N) is 1. The van der Waals surface area contributed by atoms with Gasteiger partial charge in [0.05, 0.1) is 17.8 Å². The summed E-state index contributed by atoms with van der Waals surface area (Å²) < 4.78 is 8.56. The molecule has 0 spiro atoms. The van der Waals surface area contributed by atoms with Gasteiger partial charge >= 0.3 is 5.82 Å². The van der Waals surface area contributed by atoms with E-state index in [1.807, 2.05) is 0 Å². The van der Waals surface area contributed by atoms with Gasteiger partial charge in [-0.1, -0.05) is 29.3 Å². The topological polar surface area (TPSA) is 134 Å². The molecule has 0 saturated heterocycles. The Morgan fingerprint density at radius 1 is 1.16 bits per heavy atom. The zero-order chi connectivity index (χ0) is 22.8. The molecule has 1 amide bonds. The number of rotatable bonds is 7. The lowest BCUT2D eigenvalue weighted by Gasteiger charge is -2.06. The average Bonchev–Trinajstić information content (AvgIpc) is 3.46. The van der Waals surface area contributed by atoms with E-state index in [9.17, 15) is 14.9 Å². The van der Waals surface area contributed by atoms with E-state index in [0.717, 1.165) is 0 Å². The number of halogens is 3. The van der Waals surface area contributed by atoms with E-state index in [-0.39, 0.29) is 35.1 Å². The quantitative estimate of drug-likeness (QED) is 0.271. The molecule has 0 unspecified atom stereocenters. The lowest BCUT2D eigenvalue weighted by atomic mass is 10.2. The third kappa shape index (κ3) is 4.82. The molecule has 32 heavy (non-hydrogen) atoms. The highest BCUT2D eigenvalue weighted by Gasteiger charge is 2.20. The van der Waals surface area contributed by atoms with E-state index in [1.165, 1.54) is 28.0 Å². The maximum Gasteiger partial charge on any atom is 0.404 e. The molecule has 164 valence electrons. The summed E-state index contributed by atoms with van der Waals surface area (Å²) in [4.78, 5) is 26.8. The Hall–Kier alpha value is -3.22. The number of furan rings is 1. The van der Waals surface area contributed by atoms with Gasteiger partial charge < -0.3 is 14.5 Å². The smallest absolute Gasteiger partial charge is 0.404 e. The molecule has 4 rings (SSSR count). The molecule has 0 saturated carbocycles. The number of carbonyl (C=O) groups excluding carboxylic acids is 1. The minimum Gasteiger partial charge on any atom is -0.454 e. The standard InChI is InChI=1S/C18H12BrCl2N7O4/c19-12-8-26(24-16(12)28(30)31)6-10-4-5-15(32-10)17(29)23-18-22-9-27(25-18)7-11-13(20)2-1-3-14(11)21/h1-5,8-9H,6-7H2,(H,23,25,29). The predicted molar refractivity (Wildman–Crippen MR) is 118 cm³/mol. The molecule has 3 aromatic heterocycles. The lowest BCUT2D eigenvalue weighted by molar-refractivity contribution is -0.390. The Kier molecular flexibility index (Phi) is 6.26. The first-order chi connectivity index (χ1) is 15.3. The molecule has 0 aliphatic carbocycles. The normalized spacial score (nSPS) is 11.0. The van der Waals surface area contributed by atoms with Gasteiger partial charge in [-0.2, -0.15) is 4.68 Å². The molecule has 0 aliphatic rings. The van der Waals surface area contributed by atoms with Crippen LogP contribution in [0.1, 0.15) is 21.9 Å². The lowest BCUT2D eigenvalue weighted by Crippen LogP contribution is -2.13. The molecule has 0 fully saturated rings. The second-order valence-corrected chi connectivity index (χ2v) is 8.11. The minimum absolute atomic E-state index is 0.0196. The zero-order valence-corrected chi connectivity index (χ0v) is 19.0. The molecule has 0 aliphatic heterocycles. The number of aromatic nitrogens is 5. The molecule has 0 radical (unpaired) electrons. The van der Waals surface area contributed by atoms with Gasteiger partial charge in [0.15, 0.2) is 5.76 Å². The van der Waals surface area contributed by atoms with Crippen LogP contribution in [0.25, 0.3) is 0 Å². The number of carbonyl (C=O) groups is 1. The van der Waals surface area contributed by atoms with Crippen molar-refractivity contribution in [2.45, 2.75) is 13.1 Å². The van der Waals surface area contributed by atoms with Gasteiger partial charge in [-0.3, -0.25) is 10.1 Å². The summed E-state index contributed by atoms with van der Waals surface area (Å²) in [7, 11) is 0. The van der Waals surface area contributed by atoms with Crippen LogP contribution in [0.2, 0.25) is 10.0 Å². The molecule has 1 N–H and O–H groups in total. The Bertz CT molecular complexity index is 1300. The Morgan fingerprint density at radius 2 is 1.91 bits per heavy atom. The van der Waals surface area contributed by atoms with Crippen LogP contribution in [0.3, 0.4) is 0 Å². The highest BCUT2D eigenvalue weighted by atomic mass is 79.9. The van der Waals surface area contributed by atoms with E-state index in [2.05, 4.69) is 36.4 Å². The molecular formula is C18H12BrCl2N7O4. The number of nitro groups is 1. The maximum atomic E-state index is 12.4. The summed E-state index contributed by atoms with van der Waals surface area (Å²) in [5, 5.41) is 22.5. The summed E-state index contributed by atoms with van der Waals surface area (Å²) in [6.07, 6.45) is 2.88. The number of hydrogen-bond donors (Lipinski definition) is 1. The number of hydrogen-bond acceptors (Lipinski definition) is 7. The van der Waals surface area contributed by atoms with E-state index < -0.39 is 10.8 Å². The van der Waals surface area contributed by atoms with Crippen LogP contribution < -0.4 is 5.32 Å². The summed E-state index contributed by atoms with van der Waals surface area (Å²) >= 11 is 15.4. The summed E-state index contributed by atoms with van der Waals surface area (Å²) in [5.74, 6) is -0.396. The highest BCUT2D eigenvalue weighted by molar-refractivity contribution is 9.10. The number of amides is 1. The second-order valence-electron chi connectivity index (χ2n) is 6.44. The molecular weight excluding hydrogens is 529 g/mol. The molecule has 0 bridgehead atoms. The van der Waals surface area contributed by atoms with Gasteiger partial charge in [0, 0.05) is 15.6 Å².